The summed E-state index contributed by atoms with van der Waals surface area (Å²) in [5, 5.41) is 0.164. The van der Waals surface area contributed by atoms with E-state index in [0.29, 0.717) is 12.4 Å². The molecule has 7 heteroatoms. The lowest BCUT2D eigenvalue weighted by Gasteiger charge is -2.19. The fourth-order valence-corrected chi connectivity index (χ4v) is 1.65. The molecule has 6 nitrogen and oxygen atoms in total. The maximum absolute atomic E-state index is 12.3. The van der Waals surface area contributed by atoms with Gasteiger partial charge in [-0.15, -0.1) is 0 Å². The Morgan fingerprint density at radius 2 is 2.11 bits per heavy atom. The number of carbonyl (C=O) groups excluding carboxylic acids is 2. The van der Waals surface area contributed by atoms with E-state index in [9.17, 15) is 9.59 Å². The van der Waals surface area contributed by atoms with Gasteiger partial charge in [-0.3, -0.25) is 9.59 Å². The number of nitrogens with two attached hydrogens (primary N) is 1. The number of rotatable bonds is 5. The van der Waals surface area contributed by atoms with E-state index >= 15 is 0 Å². The normalized spacial score (nSPS) is 10.6. The number of hydrogen-bond acceptors (Lipinski definition) is 4. The first-order valence-electron chi connectivity index (χ1n) is 5.96. The molecule has 0 aromatic carbocycles. The summed E-state index contributed by atoms with van der Waals surface area (Å²) >= 11 is 5.94. The van der Waals surface area contributed by atoms with Crippen molar-refractivity contribution in [3.8, 4) is 0 Å². The van der Waals surface area contributed by atoms with Gasteiger partial charge in [0.15, 0.2) is 5.69 Å². The lowest BCUT2D eigenvalue weighted by Crippen LogP contribution is -2.38. The molecule has 2 amide bonds. The number of amides is 2. The molecule has 1 heterocycles. The summed E-state index contributed by atoms with van der Waals surface area (Å²) in [6, 6.07) is 0. The summed E-state index contributed by atoms with van der Waals surface area (Å²) in [5.74, 6) is -0.391. The van der Waals surface area contributed by atoms with Crippen molar-refractivity contribution < 1.29 is 9.59 Å². The van der Waals surface area contributed by atoms with Crippen molar-refractivity contribution in [1.82, 2.24) is 14.9 Å². The van der Waals surface area contributed by atoms with E-state index in [1.807, 2.05) is 13.8 Å². The van der Waals surface area contributed by atoms with Crippen molar-refractivity contribution in [2.24, 2.45) is 5.73 Å². The first-order chi connectivity index (χ1) is 8.86. The lowest BCUT2D eigenvalue weighted by molar-refractivity contribution is -0.118. The van der Waals surface area contributed by atoms with Crippen LogP contribution in [0.3, 0.4) is 0 Å². The summed E-state index contributed by atoms with van der Waals surface area (Å²) in [6.45, 7) is 5.77. The SMILES string of the molecule is CCN(CC(N)=O)C(=O)c1nc(C(C)C)ncc1Cl. The molecule has 0 aliphatic heterocycles. The largest absolute Gasteiger partial charge is 0.368 e. The molecule has 0 radical (unpaired) electrons. The van der Waals surface area contributed by atoms with E-state index in [1.165, 1.54) is 11.1 Å². The molecule has 104 valence electrons. The first kappa shape index (κ1) is 15.4. The van der Waals surface area contributed by atoms with Gasteiger partial charge in [-0.05, 0) is 6.92 Å². The summed E-state index contributed by atoms with van der Waals surface area (Å²) < 4.78 is 0. The van der Waals surface area contributed by atoms with Crippen LogP contribution >= 0.6 is 11.6 Å². The second-order valence-electron chi connectivity index (χ2n) is 4.37. The molecule has 1 aromatic rings. The standard InChI is InChI=1S/C12H17ClN4O2/c1-4-17(6-9(14)18)12(19)10-8(13)5-15-11(16-10)7(2)3/h5,7H,4,6H2,1-3H3,(H2,14,18). The van der Waals surface area contributed by atoms with Gasteiger partial charge in [0.05, 0.1) is 17.8 Å². The van der Waals surface area contributed by atoms with Crippen molar-refractivity contribution in [2.45, 2.75) is 26.7 Å². The number of primary amides is 1. The van der Waals surface area contributed by atoms with Crippen molar-refractivity contribution >= 4 is 23.4 Å². The number of likely N-dealkylation sites (N-methyl/N-ethyl adjacent to an activating group) is 1. The van der Waals surface area contributed by atoms with Crippen LogP contribution in [0.2, 0.25) is 5.02 Å². The highest BCUT2D eigenvalue weighted by Crippen LogP contribution is 2.17. The number of halogens is 1. The number of hydrogen-bond donors (Lipinski definition) is 1. The molecule has 0 bridgehead atoms. The van der Waals surface area contributed by atoms with Gasteiger partial charge < -0.3 is 10.6 Å². The van der Waals surface area contributed by atoms with E-state index in [-0.39, 0.29) is 23.2 Å². The van der Waals surface area contributed by atoms with Crippen LogP contribution in [0.5, 0.6) is 0 Å². The highest BCUT2D eigenvalue weighted by Gasteiger charge is 2.21. The first-order valence-corrected chi connectivity index (χ1v) is 6.34. The average Bonchev–Trinajstić information content (AvgIpc) is 2.35. The Kier molecular flexibility index (Phi) is 5.23. The highest BCUT2D eigenvalue weighted by molar-refractivity contribution is 6.33. The van der Waals surface area contributed by atoms with E-state index in [0.717, 1.165) is 0 Å². The summed E-state index contributed by atoms with van der Waals surface area (Å²) in [6.07, 6.45) is 1.40. The van der Waals surface area contributed by atoms with Crippen LogP contribution in [0.25, 0.3) is 0 Å². The number of aromatic nitrogens is 2. The third-order valence-corrected chi connectivity index (χ3v) is 2.77. The minimum absolute atomic E-state index is 0.0787. The molecule has 0 aliphatic rings. The lowest BCUT2D eigenvalue weighted by atomic mass is 10.2. The van der Waals surface area contributed by atoms with Crippen LogP contribution in [0.15, 0.2) is 6.20 Å². The number of carbonyl (C=O) groups is 2. The van der Waals surface area contributed by atoms with Crippen LogP contribution in [0.1, 0.15) is 43.0 Å². The monoisotopic (exact) mass is 284 g/mol. The summed E-state index contributed by atoms with van der Waals surface area (Å²) in [7, 11) is 0. The molecular weight excluding hydrogens is 268 g/mol. The van der Waals surface area contributed by atoms with Gasteiger partial charge in [0.25, 0.3) is 5.91 Å². The van der Waals surface area contributed by atoms with E-state index in [1.54, 1.807) is 6.92 Å². The fourth-order valence-electron chi connectivity index (χ4n) is 1.47. The van der Waals surface area contributed by atoms with Crippen molar-refractivity contribution in [3.05, 3.63) is 22.7 Å². The van der Waals surface area contributed by atoms with Gasteiger partial charge >= 0.3 is 0 Å². The Hall–Kier alpha value is -1.69. The third kappa shape index (κ3) is 3.89. The summed E-state index contributed by atoms with van der Waals surface area (Å²) in [5.41, 5.74) is 5.20. The van der Waals surface area contributed by atoms with Gasteiger partial charge in [0, 0.05) is 12.5 Å². The minimum atomic E-state index is -0.579. The average molecular weight is 285 g/mol. The van der Waals surface area contributed by atoms with Crippen molar-refractivity contribution in [3.63, 3.8) is 0 Å². The van der Waals surface area contributed by atoms with Crippen LogP contribution < -0.4 is 5.73 Å². The Bertz CT molecular complexity index is 491. The van der Waals surface area contributed by atoms with Gasteiger partial charge in [0.1, 0.15) is 5.82 Å². The molecule has 19 heavy (non-hydrogen) atoms. The Labute approximate surface area is 117 Å². The Morgan fingerprint density at radius 1 is 1.47 bits per heavy atom. The minimum Gasteiger partial charge on any atom is -0.368 e. The second-order valence-corrected chi connectivity index (χ2v) is 4.77. The van der Waals surface area contributed by atoms with Gasteiger partial charge in [-0.1, -0.05) is 25.4 Å². The smallest absolute Gasteiger partial charge is 0.274 e. The van der Waals surface area contributed by atoms with Crippen molar-refractivity contribution in [1.29, 1.82) is 0 Å². The molecule has 0 unspecified atom stereocenters. The van der Waals surface area contributed by atoms with Crippen LogP contribution in [0, 0.1) is 0 Å². The summed E-state index contributed by atoms with van der Waals surface area (Å²) in [4.78, 5) is 32.7. The molecule has 2 N–H and O–H groups in total. The third-order valence-electron chi connectivity index (χ3n) is 2.50. The van der Waals surface area contributed by atoms with Crippen LogP contribution in [-0.4, -0.2) is 39.8 Å². The van der Waals surface area contributed by atoms with Crippen LogP contribution in [0.4, 0.5) is 0 Å². The van der Waals surface area contributed by atoms with Gasteiger partial charge in [-0.25, -0.2) is 9.97 Å². The molecule has 1 aromatic heterocycles. The highest BCUT2D eigenvalue weighted by atomic mass is 35.5. The quantitative estimate of drug-likeness (QED) is 0.880. The molecule has 0 saturated carbocycles. The molecular formula is C12H17ClN4O2. The molecule has 0 saturated heterocycles. The zero-order valence-corrected chi connectivity index (χ0v) is 11.9. The van der Waals surface area contributed by atoms with E-state index in [2.05, 4.69) is 9.97 Å². The van der Waals surface area contributed by atoms with Gasteiger partial charge in [-0.2, -0.15) is 0 Å². The van der Waals surface area contributed by atoms with E-state index in [4.69, 9.17) is 17.3 Å². The molecule has 0 atom stereocenters. The van der Waals surface area contributed by atoms with Crippen molar-refractivity contribution in [2.75, 3.05) is 13.1 Å². The maximum atomic E-state index is 12.3. The predicted octanol–water partition coefficient (Wildman–Crippen LogP) is 1.20. The molecule has 0 aliphatic carbocycles. The van der Waals surface area contributed by atoms with E-state index < -0.39 is 11.8 Å². The Morgan fingerprint density at radius 3 is 2.58 bits per heavy atom. The zero-order valence-electron chi connectivity index (χ0n) is 11.2. The maximum Gasteiger partial charge on any atom is 0.274 e. The number of nitrogens with zero attached hydrogens (tertiary/aromatic N) is 3. The zero-order chi connectivity index (χ0) is 14.6. The molecule has 0 fully saturated rings. The molecule has 0 spiro atoms. The second kappa shape index (κ2) is 6.47. The fraction of sp³-hybridized carbons (Fsp3) is 0.500. The Balaban J connectivity index is 3.09. The molecule has 1 rings (SSSR count). The van der Waals surface area contributed by atoms with Gasteiger partial charge in [0.2, 0.25) is 5.91 Å². The predicted molar refractivity (Wildman–Crippen MR) is 71.9 cm³/mol. The topological polar surface area (TPSA) is 89.2 Å². The van der Waals surface area contributed by atoms with Crippen LogP contribution in [-0.2, 0) is 4.79 Å².